The van der Waals surface area contributed by atoms with Crippen LogP contribution in [0.5, 0.6) is 0 Å². The molecular formula is C18H38O. The molecule has 0 heterocycles. The summed E-state index contributed by atoms with van der Waals surface area (Å²) in [5, 5.41) is 0. The van der Waals surface area contributed by atoms with Crippen LogP contribution < -0.4 is 0 Å². The molecule has 0 unspecified atom stereocenters. The predicted molar refractivity (Wildman–Crippen MR) is 93.2 cm³/mol. The van der Waals surface area contributed by atoms with Crippen LogP contribution in [0.15, 0.2) is 30.3 Å². The Hall–Kier alpha value is -1.11. The molecule has 1 rings (SSSR count). The number of benzene rings is 1. The topological polar surface area (TPSA) is 17.1 Å². The van der Waals surface area contributed by atoms with E-state index in [0.29, 0.717) is 0 Å². The van der Waals surface area contributed by atoms with Crippen molar-refractivity contribution < 1.29 is 4.79 Å². The zero-order valence-electron chi connectivity index (χ0n) is 15.3. The summed E-state index contributed by atoms with van der Waals surface area (Å²) in [6, 6.07) is 9.23. The van der Waals surface area contributed by atoms with E-state index < -0.39 is 0 Å². The highest BCUT2D eigenvalue weighted by atomic mass is 16.1. The molecule has 0 amide bonds. The minimum atomic E-state index is 0.121. The predicted octanol–water partition coefficient (Wildman–Crippen LogP) is 7.02. The molecule has 19 heavy (non-hydrogen) atoms. The molecule has 0 N–H and O–H groups in total. The quantitative estimate of drug-likeness (QED) is 0.501. The lowest BCUT2D eigenvalue weighted by Gasteiger charge is -1.89. The van der Waals surface area contributed by atoms with Gasteiger partial charge in [0.15, 0.2) is 5.78 Å². The van der Waals surface area contributed by atoms with E-state index in [-0.39, 0.29) is 5.78 Å². The summed E-state index contributed by atoms with van der Waals surface area (Å²) < 4.78 is 0. The maximum Gasteiger partial charge on any atom is 0.159 e. The van der Waals surface area contributed by atoms with E-state index in [1.807, 2.05) is 99.6 Å². The van der Waals surface area contributed by atoms with Crippen LogP contribution in [-0.4, -0.2) is 5.78 Å². The largest absolute Gasteiger partial charge is 0.295 e. The van der Waals surface area contributed by atoms with Crippen molar-refractivity contribution >= 4 is 5.78 Å². The van der Waals surface area contributed by atoms with Crippen LogP contribution in [0.25, 0.3) is 0 Å². The zero-order chi connectivity index (χ0) is 16.7. The first-order valence-electron chi connectivity index (χ1n) is 7.86. The average molecular weight is 271 g/mol. The molecule has 0 saturated carbocycles. The number of ketones is 1. The van der Waals surface area contributed by atoms with Gasteiger partial charge in [-0.15, -0.1) is 0 Å². The van der Waals surface area contributed by atoms with E-state index in [1.54, 1.807) is 6.92 Å². The molecule has 1 nitrogen and oxygen atoms in total. The Labute approximate surface area is 123 Å². The van der Waals surface area contributed by atoms with Crippen molar-refractivity contribution in [1.29, 1.82) is 0 Å². The lowest BCUT2D eigenvalue weighted by Crippen LogP contribution is -1.88. The summed E-state index contributed by atoms with van der Waals surface area (Å²) in [6.07, 6.45) is 0. The molecule has 1 aromatic rings. The van der Waals surface area contributed by atoms with Gasteiger partial charge in [-0.1, -0.05) is 99.6 Å². The third-order valence-corrected chi connectivity index (χ3v) is 1.18. The normalized spacial score (nSPS) is 5.84. The smallest absolute Gasteiger partial charge is 0.159 e. The molecule has 0 aromatic heterocycles. The van der Waals surface area contributed by atoms with Gasteiger partial charge in [0.1, 0.15) is 0 Å². The van der Waals surface area contributed by atoms with E-state index >= 15 is 0 Å². The van der Waals surface area contributed by atoms with Crippen LogP contribution in [0.2, 0.25) is 0 Å². The van der Waals surface area contributed by atoms with Gasteiger partial charge in [-0.3, -0.25) is 4.79 Å². The average Bonchev–Trinajstić information content (AvgIpc) is 2.57. The summed E-state index contributed by atoms with van der Waals surface area (Å²) in [5.74, 6) is 0.121. The number of carbonyl (C=O) groups excluding carboxylic acids is 1. The molecule has 0 spiro atoms. The first-order chi connectivity index (χ1) is 9.30. The summed E-state index contributed by atoms with van der Waals surface area (Å²) >= 11 is 0. The van der Waals surface area contributed by atoms with E-state index in [2.05, 4.69) is 0 Å². The Morgan fingerprint density at radius 1 is 0.632 bits per heavy atom. The third-order valence-electron chi connectivity index (χ3n) is 1.18. The second-order valence-electron chi connectivity index (χ2n) is 1.92. The second-order valence-corrected chi connectivity index (χ2v) is 1.92. The van der Waals surface area contributed by atoms with Gasteiger partial charge in [0.05, 0.1) is 0 Å². The minimum Gasteiger partial charge on any atom is -0.295 e. The van der Waals surface area contributed by atoms with Gasteiger partial charge < -0.3 is 0 Å². The van der Waals surface area contributed by atoms with Crippen molar-refractivity contribution in [1.82, 2.24) is 0 Å². The molecule has 1 aromatic carbocycles. The minimum absolute atomic E-state index is 0.121. The van der Waals surface area contributed by atoms with Crippen LogP contribution in [0, 0.1) is 0 Å². The molecule has 116 valence electrons. The van der Waals surface area contributed by atoms with Crippen LogP contribution in [0.4, 0.5) is 0 Å². The molecule has 0 fully saturated rings. The van der Waals surface area contributed by atoms with E-state index in [4.69, 9.17) is 0 Å². The number of hydrogen-bond donors (Lipinski definition) is 0. The SMILES string of the molecule is CC.CC.CC.CC.CC.CC(=O)c1ccccc1. The fraction of sp³-hybridized carbons (Fsp3) is 0.611. The van der Waals surface area contributed by atoms with E-state index in [9.17, 15) is 4.79 Å². The monoisotopic (exact) mass is 270 g/mol. The highest BCUT2D eigenvalue weighted by molar-refractivity contribution is 5.93. The molecule has 0 aliphatic rings. The van der Waals surface area contributed by atoms with Gasteiger partial charge in [0, 0.05) is 5.56 Å². The van der Waals surface area contributed by atoms with Crippen molar-refractivity contribution in [3.8, 4) is 0 Å². The molecule has 0 saturated heterocycles. The Morgan fingerprint density at radius 2 is 0.895 bits per heavy atom. The van der Waals surface area contributed by atoms with Crippen LogP contribution in [0.1, 0.15) is 86.5 Å². The van der Waals surface area contributed by atoms with Gasteiger partial charge in [-0.05, 0) is 6.92 Å². The van der Waals surface area contributed by atoms with Crippen molar-refractivity contribution in [3.05, 3.63) is 35.9 Å². The van der Waals surface area contributed by atoms with E-state index in [0.717, 1.165) is 5.56 Å². The van der Waals surface area contributed by atoms with Gasteiger partial charge in [0.25, 0.3) is 0 Å². The Morgan fingerprint density at radius 3 is 1.05 bits per heavy atom. The van der Waals surface area contributed by atoms with Crippen molar-refractivity contribution in [2.45, 2.75) is 76.2 Å². The summed E-state index contributed by atoms with van der Waals surface area (Å²) in [4.78, 5) is 10.6. The number of Topliss-reactive ketones (excluding diaryl/α,β-unsaturated/α-hetero) is 1. The van der Waals surface area contributed by atoms with Crippen molar-refractivity contribution in [2.75, 3.05) is 0 Å². The summed E-state index contributed by atoms with van der Waals surface area (Å²) in [7, 11) is 0. The molecule has 1 heteroatoms. The Bertz CT molecular complexity index is 202. The fourth-order valence-corrected chi connectivity index (χ4v) is 0.673. The van der Waals surface area contributed by atoms with E-state index in [1.165, 1.54) is 0 Å². The number of hydrogen-bond acceptors (Lipinski definition) is 1. The lowest BCUT2D eigenvalue weighted by molar-refractivity contribution is 0.101. The van der Waals surface area contributed by atoms with Gasteiger partial charge in [0.2, 0.25) is 0 Å². The number of rotatable bonds is 1. The third kappa shape index (κ3) is 31.6. The lowest BCUT2D eigenvalue weighted by atomic mass is 10.2. The van der Waals surface area contributed by atoms with Gasteiger partial charge in [-0.25, -0.2) is 0 Å². The molecule has 0 aliphatic heterocycles. The molecule has 0 bridgehead atoms. The fourth-order valence-electron chi connectivity index (χ4n) is 0.673. The van der Waals surface area contributed by atoms with Crippen LogP contribution in [0.3, 0.4) is 0 Å². The van der Waals surface area contributed by atoms with Gasteiger partial charge >= 0.3 is 0 Å². The Balaban J connectivity index is -0.0000000557. The van der Waals surface area contributed by atoms with Crippen LogP contribution in [-0.2, 0) is 0 Å². The van der Waals surface area contributed by atoms with Crippen LogP contribution >= 0.6 is 0 Å². The zero-order valence-corrected chi connectivity index (χ0v) is 15.3. The molecular weight excluding hydrogens is 232 g/mol. The van der Waals surface area contributed by atoms with Crippen molar-refractivity contribution in [3.63, 3.8) is 0 Å². The first kappa shape index (κ1) is 30.7. The first-order valence-corrected chi connectivity index (χ1v) is 7.86. The van der Waals surface area contributed by atoms with Gasteiger partial charge in [-0.2, -0.15) is 0 Å². The highest BCUT2D eigenvalue weighted by Gasteiger charge is 1.92. The van der Waals surface area contributed by atoms with Crippen molar-refractivity contribution in [2.24, 2.45) is 0 Å². The molecule has 0 radical (unpaired) electrons. The second kappa shape index (κ2) is 43.6. The summed E-state index contributed by atoms with van der Waals surface area (Å²) in [5.41, 5.74) is 0.775. The highest BCUT2D eigenvalue weighted by Crippen LogP contribution is 1.97. The maximum absolute atomic E-state index is 10.6. The number of carbonyl (C=O) groups is 1. The standard InChI is InChI=1S/C8H8O.5C2H6/c1-7(9)8-5-3-2-4-6-8;5*1-2/h2-6H,1H3;5*1-2H3. The maximum atomic E-state index is 10.6. The summed E-state index contributed by atoms with van der Waals surface area (Å²) in [6.45, 7) is 21.6. The Kier molecular flexibility index (Phi) is 70.5. The molecule has 0 aliphatic carbocycles. The molecule has 0 atom stereocenters.